The van der Waals surface area contributed by atoms with Crippen molar-refractivity contribution in [2.75, 3.05) is 0 Å². The molecular weight excluding hydrogens is 571 g/mol. The molecule has 0 unspecified atom stereocenters. The zero-order valence-corrected chi connectivity index (χ0v) is 26.3. The fourth-order valence-corrected chi connectivity index (χ4v) is 7.31. The van der Waals surface area contributed by atoms with Gasteiger partial charge in [-0.05, 0) is 73.1 Å². The first-order chi connectivity index (χ1) is 23.0. The Bertz CT molecular complexity index is 2490. The smallest absolute Gasteiger partial charge is 0.164 e. The highest BCUT2D eigenvalue weighted by Crippen LogP contribution is 2.51. The van der Waals surface area contributed by atoms with Crippen LogP contribution in [0.5, 0.6) is 0 Å². The van der Waals surface area contributed by atoms with E-state index in [-0.39, 0.29) is 5.41 Å². The van der Waals surface area contributed by atoms with Gasteiger partial charge in [0.1, 0.15) is 0 Å². The van der Waals surface area contributed by atoms with Gasteiger partial charge in [-0.1, -0.05) is 147 Å². The van der Waals surface area contributed by atoms with Crippen molar-refractivity contribution in [1.29, 1.82) is 0 Å². The van der Waals surface area contributed by atoms with Crippen molar-refractivity contribution in [1.82, 2.24) is 15.0 Å². The normalized spacial score (nSPS) is 13.1. The largest absolute Gasteiger partial charge is 0.208 e. The van der Waals surface area contributed by atoms with Gasteiger partial charge in [-0.15, -0.1) is 0 Å². The van der Waals surface area contributed by atoms with Crippen LogP contribution in [0.1, 0.15) is 25.0 Å². The van der Waals surface area contributed by atoms with E-state index in [2.05, 4.69) is 147 Å². The van der Waals surface area contributed by atoms with Crippen molar-refractivity contribution in [3.05, 3.63) is 163 Å². The highest BCUT2D eigenvalue weighted by atomic mass is 15.0. The third-order valence-corrected chi connectivity index (χ3v) is 9.67. The second-order valence-electron chi connectivity index (χ2n) is 12.9. The molecule has 0 saturated heterocycles. The first-order valence-corrected chi connectivity index (χ1v) is 16.1. The summed E-state index contributed by atoms with van der Waals surface area (Å²) in [5, 5.41) is 4.81. The average Bonchev–Trinajstić information content (AvgIpc) is 3.37. The molecule has 0 saturated carbocycles. The molecule has 0 fully saturated rings. The van der Waals surface area contributed by atoms with Gasteiger partial charge in [0.2, 0.25) is 0 Å². The molecule has 222 valence electrons. The van der Waals surface area contributed by atoms with Crippen molar-refractivity contribution < 1.29 is 0 Å². The molecule has 0 aliphatic heterocycles. The Labute approximate surface area is 274 Å². The van der Waals surface area contributed by atoms with Crippen LogP contribution in [0.4, 0.5) is 0 Å². The Morgan fingerprint density at radius 1 is 0.362 bits per heavy atom. The van der Waals surface area contributed by atoms with Crippen LogP contribution in [-0.4, -0.2) is 15.0 Å². The quantitative estimate of drug-likeness (QED) is 0.201. The standard InChI is InChI=1S/C44H31N3/c1-44(2)39-18-9-8-15-36(39)37-16-10-17-38(40(37)44)43-46-41(30-12-4-3-5-13-30)45-42(47-43)34-24-21-29-20-23-33(26-35(29)27-34)32-22-19-28-11-6-7-14-31(28)25-32/h3-27H,1-2H3. The van der Waals surface area contributed by atoms with Crippen LogP contribution in [0.15, 0.2) is 152 Å². The van der Waals surface area contributed by atoms with E-state index in [1.165, 1.54) is 49.5 Å². The summed E-state index contributed by atoms with van der Waals surface area (Å²) in [7, 11) is 0. The third-order valence-electron chi connectivity index (χ3n) is 9.67. The van der Waals surface area contributed by atoms with Crippen molar-refractivity contribution in [2.24, 2.45) is 0 Å². The number of aromatic nitrogens is 3. The Morgan fingerprint density at radius 2 is 0.894 bits per heavy atom. The summed E-state index contributed by atoms with van der Waals surface area (Å²) >= 11 is 0. The van der Waals surface area contributed by atoms with Gasteiger partial charge in [0, 0.05) is 22.1 Å². The van der Waals surface area contributed by atoms with Gasteiger partial charge < -0.3 is 0 Å². The summed E-state index contributed by atoms with van der Waals surface area (Å²) in [4.78, 5) is 15.4. The summed E-state index contributed by atoms with van der Waals surface area (Å²) in [6.45, 7) is 4.61. The van der Waals surface area contributed by atoms with Crippen LogP contribution in [0.3, 0.4) is 0 Å². The lowest BCUT2D eigenvalue weighted by Gasteiger charge is -2.24. The molecule has 1 aliphatic rings. The lowest BCUT2D eigenvalue weighted by molar-refractivity contribution is 0.661. The van der Waals surface area contributed by atoms with E-state index in [0.29, 0.717) is 17.5 Å². The van der Waals surface area contributed by atoms with Crippen LogP contribution in [0.2, 0.25) is 0 Å². The highest BCUT2D eigenvalue weighted by Gasteiger charge is 2.38. The molecule has 3 heteroatoms. The first-order valence-electron chi connectivity index (χ1n) is 16.1. The summed E-state index contributed by atoms with van der Waals surface area (Å²) in [5.41, 5.74) is 10.3. The van der Waals surface area contributed by atoms with Crippen LogP contribution in [-0.2, 0) is 5.41 Å². The molecule has 1 heterocycles. The number of benzene rings is 7. The van der Waals surface area contributed by atoms with Gasteiger partial charge in [-0.25, -0.2) is 15.0 Å². The molecule has 0 spiro atoms. The van der Waals surface area contributed by atoms with Gasteiger partial charge in [0.15, 0.2) is 17.5 Å². The lowest BCUT2D eigenvalue weighted by atomic mass is 9.80. The Balaban J connectivity index is 1.21. The molecule has 1 aliphatic carbocycles. The number of rotatable bonds is 4. The minimum absolute atomic E-state index is 0.190. The van der Waals surface area contributed by atoms with E-state index in [1.807, 2.05) is 18.2 Å². The maximum Gasteiger partial charge on any atom is 0.164 e. The van der Waals surface area contributed by atoms with Gasteiger partial charge in [-0.3, -0.25) is 0 Å². The maximum atomic E-state index is 5.20. The van der Waals surface area contributed by atoms with Crippen molar-refractivity contribution in [3.63, 3.8) is 0 Å². The summed E-state index contributed by atoms with van der Waals surface area (Å²) in [6.07, 6.45) is 0. The fourth-order valence-electron chi connectivity index (χ4n) is 7.31. The molecule has 0 N–H and O–H groups in total. The van der Waals surface area contributed by atoms with E-state index < -0.39 is 0 Å². The molecule has 0 bridgehead atoms. The van der Waals surface area contributed by atoms with E-state index in [1.54, 1.807) is 0 Å². The van der Waals surface area contributed by atoms with Crippen LogP contribution in [0, 0.1) is 0 Å². The third kappa shape index (κ3) is 4.54. The molecule has 0 atom stereocenters. The van der Waals surface area contributed by atoms with E-state index in [9.17, 15) is 0 Å². The lowest BCUT2D eigenvalue weighted by Crippen LogP contribution is -2.17. The van der Waals surface area contributed by atoms with Crippen molar-refractivity contribution in [2.45, 2.75) is 19.3 Å². The van der Waals surface area contributed by atoms with Gasteiger partial charge in [-0.2, -0.15) is 0 Å². The Kier molecular flexibility index (Phi) is 6.16. The predicted octanol–water partition coefficient (Wildman–Crippen LogP) is 11.2. The monoisotopic (exact) mass is 601 g/mol. The molecule has 9 rings (SSSR count). The Morgan fingerprint density at radius 3 is 1.68 bits per heavy atom. The van der Waals surface area contributed by atoms with Gasteiger partial charge >= 0.3 is 0 Å². The second kappa shape index (κ2) is 10.6. The molecule has 3 nitrogen and oxygen atoms in total. The van der Waals surface area contributed by atoms with Gasteiger partial charge in [0.25, 0.3) is 0 Å². The van der Waals surface area contributed by atoms with Crippen LogP contribution in [0.25, 0.3) is 78.0 Å². The molecule has 47 heavy (non-hydrogen) atoms. The van der Waals surface area contributed by atoms with E-state index in [0.717, 1.165) is 22.1 Å². The molecule has 7 aromatic carbocycles. The molecular formula is C44H31N3. The summed E-state index contributed by atoms with van der Waals surface area (Å²) < 4.78 is 0. The zero-order chi connectivity index (χ0) is 31.5. The highest BCUT2D eigenvalue weighted by molar-refractivity contribution is 5.93. The molecule has 8 aromatic rings. The minimum atomic E-state index is -0.190. The number of nitrogens with zero attached hydrogens (tertiary/aromatic N) is 3. The van der Waals surface area contributed by atoms with Crippen LogP contribution >= 0.6 is 0 Å². The van der Waals surface area contributed by atoms with Crippen LogP contribution < -0.4 is 0 Å². The van der Waals surface area contributed by atoms with Crippen molar-refractivity contribution >= 4 is 21.5 Å². The maximum absolute atomic E-state index is 5.20. The Hall–Kier alpha value is -5.93. The minimum Gasteiger partial charge on any atom is -0.208 e. The fraction of sp³-hybridized carbons (Fsp3) is 0.0682. The SMILES string of the molecule is CC1(C)c2ccccc2-c2cccc(-c3nc(-c4ccccc4)nc(-c4ccc5ccc(-c6ccc7ccccc7c6)cc5c4)n3)c21. The van der Waals surface area contributed by atoms with E-state index in [4.69, 9.17) is 15.0 Å². The van der Waals surface area contributed by atoms with E-state index >= 15 is 0 Å². The topological polar surface area (TPSA) is 38.7 Å². The number of hydrogen-bond donors (Lipinski definition) is 0. The van der Waals surface area contributed by atoms with Crippen molar-refractivity contribution in [3.8, 4) is 56.4 Å². The average molecular weight is 602 g/mol. The first kappa shape index (κ1) is 27.4. The second-order valence-corrected chi connectivity index (χ2v) is 12.9. The zero-order valence-electron chi connectivity index (χ0n) is 26.3. The molecule has 0 radical (unpaired) electrons. The summed E-state index contributed by atoms with van der Waals surface area (Å²) in [5.74, 6) is 2.02. The summed E-state index contributed by atoms with van der Waals surface area (Å²) in [6, 6.07) is 53.8. The molecule has 0 amide bonds. The van der Waals surface area contributed by atoms with Gasteiger partial charge in [0.05, 0.1) is 0 Å². The number of fused-ring (bicyclic) bond motifs is 5. The number of hydrogen-bond acceptors (Lipinski definition) is 3. The molecule has 1 aromatic heterocycles. The predicted molar refractivity (Wildman–Crippen MR) is 194 cm³/mol.